The highest BCUT2D eigenvalue weighted by Crippen LogP contribution is 2.32. The second kappa shape index (κ2) is 11.9. The molecule has 0 N–H and O–H groups in total. The van der Waals surface area contributed by atoms with Crippen LogP contribution in [0, 0.1) is 0 Å². The van der Waals surface area contributed by atoms with Gasteiger partial charge in [-0.15, -0.1) is 0 Å². The number of amides is 1. The molecule has 2 heterocycles. The first kappa shape index (κ1) is 30.5. The van der Waals surface area contributed by atoms with E-state index < -0.39 is 41.0 Å². The summed E-state index contributed by atoms with van der Waals surface area (Å²) in [6, 6.07) is 17.2. The third-order valence-electron chi connectivity index (χ3n) is 7.13. The average molecular weight is 611 g/mol. The molecule has 5 rings (SSSR count). The van der Waals surface area contributed by atoms with Gasteiger partial charge in [-0.3, -0.25) is 19.1 Å². The molecule has 44 heavy (non-hydrogen) atoms. The van der Waals surface area contributed by atoms with Crippen molar-refractivity contribution in [1.29, 1.82) is 0 Å². The molecule has 6 nitrogen and oxygen atoms in total. The monoisotopic (exact) mass is 610 g/mol. The Kier molecular flexibility index (Phi) is 8.27. The van der Waals surface area contributed by atoms with Crippen LogP contribution in [0.4, 0.5) is 26.3 Å². The molecule has 1 atom stereocenters. The third kappa shape index (κ3) is 6.48. The summed E-state index contributed by atoms with van der Waals surface area (Å²) in [4.78, 5) is 37.8. The molecule has 0 fully saturated rings. The number of aromatic nitrogens is 3. The Bertz CT molecular complexity index is 1840. The van der Waals surface area contributed by atoms with Crippen molar-refractivity contribution in [1.82, 2.24) is 19.4 Å². The van der Waals surface area contributed by atoms with Gasteiger partial charge in [0.15, 0.2) is 0 Å². The molecule has 2 aromatic heterocycles. The van der Waals surface area contributed by atoms with Crippen LogP contribution in [0.3, 0.4) is 0 Å². The second-order valence-electron chi connectivity index (χ2n) is 10.1. The van der Waals surface area contributed by atoms with E-state index in [2.05, 4.69) is 9.97 Å². The fourth-order valence-corrected chi connectivity index (χ4v) is 4.84. The first-order chi connectivity index (χ1) is 20.8. The fourth-order valence-electron chi connectivity index (χ4n) is 4.84. The largest absolute Gasteiger partial charge is 0.416 e. The van der Waals surface area contributed by atoms with Crippen molar-refractivity contribution in [2.75, 3.05) is 0 Å². The van der Waals surface area contributed by atoms with E-state index in [1.807, 2.05) is 0 Å². The van der Waals surface area contributed by atoms with Crippen molar-refractivity contribution in [3.05, 3.63) is 136 Å². The molecule has 0 bridgehead atoms. The number of benzene rings is 3. The zero-order chi connectivity index (χ0) is 31.6. The number of hydrogen-bond acceptors (Lipinski definition) is 4. The summed E-state index contributed by atoms with van der Waals surface area (Å²) in [5.41, 5.74) is -0.910. The third-order valence-corrected chi connectivity index (χ3v) is 7.13. The number of pyridine rings is 1. The SMILES string of the molecule is CC(c1nc2ccccc2c(=O)n1-c1ccc(C(F)(F)F)cc1)N(Cc1cccnc1)C(=O)Cc1ccc(C(F)(F)F)cc1. The molecular weight excluding hydrogens is 586 g/mol. The van der Waals surface area contributed by atoms with Crippen molar-refractivity contribution in [2.24, 2.45) is 0 Å². The Labute approximate surface area is 247 Å². The number of hydrogen-bond donors (Lipinski definition) is 0. The topological polar surface area (TPSA) is 68.1 Å². The van der Waals surface area contributed by atoms with E-state index in [4.69, 9.17) is 0 Å². The summed E-state index contributed by atoms with van der Waals surface area (Å²) >= 11 is 0. The molecule has 0 aliphatic rings. The summed E-state index contributed by atoms with van der Waals surface area (Å²) in [6.45, 7) is 1.63. The van der Waals surface area contributed by atoms with Crippen molar-refractivity contribution in [2.45, 2.75) is 38.3 Å². The number of fused-ring (bicyclic) bond motifs is 1. The van der Waals surface area contributed by atoms with E-state index in [-0.39, 0.29) is 29.9 Å². The number of carbonyl (C=O) groups is 1. The molecule has 12 heteroatoms. The molecule has 5 aromatic rings. The highest BCUT2D eigenvalue weighted by Gasteiger charge is 2.32. The maximum atomic E-state index is 13.8. The van der Waals surface area contributed by atoms with Crippen LogP contribution in [0.5, 0.6) is 0 Å². The highest BCUT2D eigenvalue weighted by atomic mass is 19.4. The van der Waals surface area contributed by atoms with E-state index in [0.29, 0.717) is 16.6 Å². The zero-order valence-electron chi connectivity index (χ0n) is 23.1. The predicted octanol–water partition coefficient (Wildman–Crippen LogP) is 7.15. The Balaban J connectivity index is 1.60. The first-order valence-corrected chi connectivity index (χ1v) is 13.4. The van der Waals surface area contributed by atoms with Crippen LogP contribution < -0.4 is 5.56 Å². The van der Waals surface area contributed by atoms with Crippen molar-refractivity contribution >= 4 is 16.8 Å². The lowest BCUT2D eigenvalue weighted by atomic mass is 10.1. The van der Waals surface area contributed by atoms with Crippen LogP contribution in [0.1, 0.15) is 41.0 Å². The van der Waals surface area contributed by atoms with Crippen molar-refractivity contribution in [3.63, 3.8) is 0 Å². The van der Waals surface area contributed by atoms with Crippen LogP contribution in [-0.2, 0) is 30.1 Å². The Morgan fingerprint density at radius 1 is 0.818 bits per heavy atom. The molecule has 1 unspecified atom stereocenters. The minimum absolute atomic E-state index is 0.00415. The van der Waals surface area contributed by atoms with E-state index in [0.717, 1.165) is 36.4 Å². The van der Waals surface area contributed by atoms with Gasteiger partial charge in [-0.05, 0) is 72.6 Å². The molecule has 1 amide bonds. The second-order valence-corrected chi connectivity index (χ2v) is 10.1. The minimum Gasteiger partial charge on any atom is -0.328 e. The molecular formula is C32H24F6N4O2. The van der Waals surface area contributed by atoms with E-state index in [1.165, 1.54) is 21.6 Å². The van der Waals surface area contributed by atoms with Crippen molar-refractivity contribution in [3.8, 4) is 5.69 Å². The van der Waals surface area contributed by atoms with Gasteiger partial charge in [-0.1, -0.05) is 30.3 Å². The lowest BCUT2D eigenvalue weighted by Crippen LogP contribution is -2.38. The summed E-state index contributed by atoms with van der Waals surface area (Å²) in [5.74, 6) is -0.402. The normalized spacial score (nSPS) is 12.7. The van der Waals surface area contributed by atoms with Gasteiger partial charge < -0.3 is 4.90 Å². The van der Waals surface area contributed by atoms with Crippen LogP contribution >= 0.6 is 0 Å². The summed E-state index contributed by atoms with van der Waals surface area (Å²) in [7, 11) is 0. The van der Waals surface area contributed by atoms with E-state index in [9.17, 15) is 35.9 Å². The Morgan fingerprint density at radius 3 is 2.02 bits per heavy atom. The highest BCUT2D eigenvalue weighted by molar-refractivity contribution is 5.80. The van der Waals surface area contributed by atoms with Gasteiger partial charge in [0, 0.05) is 18.9 Å². The summed E-state index contributed by atoms with van der Waals surface area (Å²) in [6.07, 6.45) is -6.29. The van der Waals surface area contributed by atoms with E-state index >= 15 is 0 Å². The zero-order valence-corrected chi connectivity index (χ0v) is 23.1. The van der Waals surface area contributed by atoms with Gasteiger partial charge in [0.25, 0.3) is 5.56 Å². The Hall–Kier alpha value is -5.00. The summed E-state index contributed by atoms with van der Waals surface area (Å²) in [5, 5.41) is 0.221. The summed E-state index contributed by atoms with van der Waals surface area (Å²) < 4.78 is 80.3. The smallest absolute Gasteiger partial charge is 0.328 e. The molecule has 0 saturated carbocycles. The number of alkyl halides is 6. The molecule has 226 valence electrons. The lowest BCUT2D eigenvalue weighted by Gasteiger charge is -2.31. The number of halogens is 6. The van der Waals surface area contributed by atoms with Gasteiger partial charge in [-0.25, -0.2) is 4.98 Å². The van der Waals surface area contributed by atoms with Gasteiger partial charge in [0.1, 0.15) is 5.82 Å². The number of para-hydroxylation sites is 1. The molecule has 0 radical (unpaired) electrons. The standard InChI is InChI=1S/C32H24F6N4O2/c1-20(41(19-22-5-4-16-39-18-22)28(43)17-21-8-10-23(11-9-21)31(33,34)35)29-40-27-7-3-2-6-26(27)30(44)42(29)25-14-12-24(13-15-25)32(36,37)38/h2-16,18,20H,17,19H2,1H3. The average Bonchev–Trinajstić information content (AvgIpc) is 2.99. The van der Waals surface area contributed by atoms with Crippen LogP contribution in [0.2, 0.25) is 0 Å². The molecule has 3 aromatic carbocycles. The fraction of sp³-hybridized carbons (Fsp3) is 0.188. The van der Waals surface area contributed by atoms with Gasteiger partial charge in [-0.2, -0.15) is 26.3 Å². The quantitative estimate of drug-likeness (QED) is 0.184. The molecule has 0 saturated heterocycles. The van der Waals surface area contributed by atoms with Crippen LogP contribution in [-0.4, -0.2) is 25.3 Å². The van der Waals surface area contributed by atoms with E-state index in [1.54, 1.807) is 55.7 Å². The molecule has 0 aliphatic heterocycles. The van der Waals surface area contributed by atoms with Gasteiger partial charge >= 0.3 is 12.4 Å². The van der Waals surface area contributed by atoms with Crippen LogP contribution in [0.25, 0.3) is 16.6 Å². The molecule has 0 spiro atoms. The maximum Gasteiger partial charge on any atom is 0.416 e. The first-order valence-electron chi connectivity index (χ1n) is 13.4. The van der Waals surface area contributed by atoms with Gasteiger partial charge in [0.2, 0.25) is 5.91 Å². The van der Waals surface area contributed by atoms with Crippen LogP contribution in [0.15, 0.2) is 102 Å². The molecule has 0 aliphatic carbocycles. The maximum absolute atomic E-state index is 13.8. The Morgan fingerprint density at radius 2 is 1.43 bits per heavy atom. The number of carbonyl (C=O) groups excluding carboxylic acids is 1. The number of nitrogens with zero attached hydrogens (tertiary/aromatic N) is 4. The minimum atomic E-state index is -4.59. The predicted molar refractivity (Wildman–Crippen MR) is 151 cm³/mol. The van der Waals surface area contributed by atoms with Gasteiger partial charge in [0.05, 0.1) is 40.2 Å². The van der Waals surface area contributed by atoms with Crippen molar-refractivity contribution < 1.29 is 31.1 Å². The number of rotatable bonds is 7. The lowest BCUT2D eigenvalue weighted by molar-refractivity contribution is -0.138.